The van der Waals surface area contributed by atoms with E-state index in [2.05, 4.69) is 16.5 Å². The Morgan fingerprint density at radius 2 is 2.05 bits per heavy atom. The first kappa shape index (κ1) is 15.6. The van der Waals surface area contributed by atoms with E-state index in [0.717, 1.165) is 11.3 Å². The monoisotopic (exact) mass is 302 g/mol. The highest BCUT2D eigenvalue weighted by Crippen LogP contribution is 2.25. The van der Waals surface area contributed by atoms with Crippen molar-refractivity contribution in [1.82, 2.24) is 15.1 Å². The van der Waals surface area contributed by atoms with Crippen LogP contribution in [0.15, 0.2) is 36.5 Å². The van der Waals surface area contributed by atoms with Crippen molar-refractivity contribution in [3.8, 4) is 6.07 Å². The molecule has 0 spiro atoms. The summed E-state index contributed by atoms with van der Waals surface area (Å²) < 4.78 is 1.77. The molecule has 1 aromatic heterocycles. The number of nitriles is 1. The summed E-state index contributed by atoms with van der Waals surface area (Å²) >= 11 is 6.07. The van der Waals surface area contributed by atoms with Gasteiger partial charge in [0.25, 0.3) is 0 Å². The Morgan fingerprint density at radius 1 is 1.38 bits per heavy atom. The third-order valence-corrected chi connectivity index (χ3v) is 3.79. The van der Waals surface area contributed by atoms with Crippen molar-refractivity contribution < 1.29 is 0 Å². The van der Waals surface area contributed by atoms with Gasteiger partial charge in [-0.05, 0) is 26.3 Å². The van der Waals surface area contributed by atoms with Crippen LogP contribution in [0.3, 0.4) is 0 Å². The zero-order valence-corrected chi connectivity index (χ0v) is 13.2. The van der Waals surface area contributed by atoms with Gasteiger partial charge in [0.2, 0.25) is 0 Å². The van der Waals surface area contributed by atoms with Crippen LogP contribution in [0.5, 0.6) is 0 Å². The van der Waals surface area contributed by atoms with Gasteiger partial charge in [0.15, 0.2) is 5.54 Å². The molecule has 0 amide bonds. The molecule has 0 aliphatic rings. The molecule has 21 heavy (non-hydrogen) atoms. The summed E-state index contributed by atoms with van der Waals surface area (Å²) in [5.41, 5.74) is 0.945. The summed E-state index contributed by atoms with van der Waals surface area (Å²) in [6, 6.07) is 12.3. The van der Waals surface area contributed by atoms with Crippen LogP contribution in [0, 0.1) is 18.3 Å². The van der Waals surface area contributed by atoms with Crippen molar-refractivity contribution in [2.75, 3.05) is 0 Å². The number of aromatic nitrogens is 2. The average molecular weight is 303 g/mol. The summed E-state index contributed by atoms with van der Waals surface area (Å²) in [7, 11) is 0. The number of nitrogens with one attached hydrogen (secondary N) is 1. The predicted octanol–water partition coefficient (Wildman–Crippen LogP) is 3.26. The first-order chi connectivity index (χ1) is 9.98. The van der Waals surface area contributed by atoms with E-state index in [1.54, 1.807) is 10.9 Å². The highest BCUT2D eigenvalue weighted by atomic mass is 35.5. The lowest BCUT2D eigenvalue weighted by Gasteiger charge is -2.31. The molecule has 5 heteroatoms. The Kier molecular flexibility index (Phi) is 4.66. The predicted molar refractivity (Wildman–Crippen MR) is 84.0 cm³/mol. The lowest BCUT2D eigenvalue weighted by Crippen LogP contribution is -2.48. The molecule has 1 atom stereocenters. The largest absolute Gasteiger partial charge is 0.292 e. The average Bonchev–Trinajstić information content (AvgIpc) is 2.79. The maximum atomic E-state index is 9.85. The molecule has 0 saturated heterocycles. The molecule has 4 nitrogen and oxygen atoms in total. The smallest absolute Gasteiger partial charge is 0.152 e. The molecule has 110 valence electrons. The lowest BCUT2D eigenvalue weighted by molar-refractivity contribution is 0.322. The highest BCUT2D eigenvalue weighted by Gasteiger charge is 2.34. The van der Waals surface area contributed by atoms with E-state index in [4.69, 9.17) is 11.6 Å². The van der Waals surface area contributed by atoms with Gasteiger partial charge in [-0.25, -0.2) is 0 Å². The van der Waals surface area contributed by atoms with Gasteiger partial charge in [-0.2, -0.15) is 10.4 Å². The third kappa shape index (κ3) is 3.26. The van der Waals surface area contributed by atoms with Crippen molar-refractivity contribution in [3.63, 3.8) is 0 Å². The fourth-order valence-corrected chi connectivity index (χ4v) is 2.52. The molecule has 1 aromatic carbocycles. The van der Waals surface area contributed by atoms with Crippen LogP contribution < -0.4 is 5.32 Å². The van der Waals surface area contributed by atoms with Crippen LogP contribution in [0.1, 0.15) is 25.1 Å². The van der Waals surface area contributed by atoms with E-state index in [9.17, 15) is 5.26 Å². The molecule has 1 N–H and O–H groups in total. The van der Waals surface area contributed by atoms with E-state index >= 15 is 0 Å². The van der Waals surface area contributed by atoms with Crippen LogP contribution in [0.4, 0.5) is 0 Å². The second kappa shape index (κ2) is 6.30. The van der Waals surface area contributed by atoms with Crippen molar-refractivity contribution in [1.29, 1.82) is 5.26 Å². The molecule has 0 bridgehead atoms. The number of nitrogens with zero attached hydrogens (tertiary/aromatic N) is 3. The number of rotatable bonds is 5. The number of halogens is 1. The Bertz CT molecular complexity index is 642. The molecule has 1 unspecified atom stereocenters. The zero-order chi connectivity index (χ0) is 15.5. The molecule has 0 saturated carbocycles. The Balaban J connectivity index is 2.46. The van der Waals surface area contributed by atoms with Crippen molar-refractivity contribution in [2.45, 2.75) is 38.9 Å². The summed E-state index contributed by atoms with van der Waals surface area (Å²) in [5, 5.41) is 18.1. The molecule has 0 fully saturated rings. The van der Waals surface area contributed by atoms with Gasteiger partial charge < -0.3 is 0 Å². The molecule has 1 heterocycles. The number of hydrogen-bond acceptors (Lipinski definition) is 3. The molecule has 2 rings (SSSR count). The van der Waals surface area contributed by atoms with Crippen molar-refractivity contribution in [2.24, 2.45) is 0 Å². The summed E-state index contributed by atoms with van der Waals surface area (Å²) in [4.78, 5) is 0. The SMILES string of the molecule is Cc1c(Cl)cnn1CC(C#N)(NC(C)C)c1ccccc1. The molecular formula is C16H19ClN4. The van der Waals surface area contributed by atoms with E-state index in [-0.39, 0.29) is 6.04 Å². The summed E-state index contributed by atoms with van der Waals surface area (Å²) in [6.45, 7) is 6.36. The molecule has 0 aliphatic carbocycles. The zero-order valence-electron chi connectivity index (χ0n) is 12.5. The van der Waals surface area contributed by atoms with Gasteiger partial charge in [0.1, 0.15) is 0 Å². The van der Waals surface area contributed by atoms with E-state index in [0.29, 0.717) is 11.6 Å². The Hall–Kier alpha value is -1.83. The quantitative estimate of drug-likeness (QED) is 0.922. The van der Waals surface area contributed by atoms with Gasteiger partial charge in [-0.1, -0.05) is 41.9 Å². The number of benzene rings is 1. The molecule has 2 aromatic rings. The van der Waals surface area contributed by atoms with Gasteiger partial charge in [-0.3, -0.25) is 10.00 Å². The minimum absolute atomic E-state index is 0.163. The number of hydrogen-bond donors (Lipinski definition) is 1. The molecule has 0 radical (unpaired) electrons. The first-order valence-corrected chi connectivity index (χ1v) is 7.28. The van der Waals surface area contributed by atoms with Crippen LogP contribution in [0.2, 0.25) is 5.02 Å². The van der Waals surface area contributed by atoms with E-state index < -0.39 is 5.54 Å². The van der Waals surface area contributed by atoms with E-state index in [1.807, 2.05) is 51.1 Å². The second-order valence-electron chi connectivity index (χ2n) is 5.42. The minimum atomic E-state index is -0.838. The highest BCUT2D eigenvalue weighted by molar-refractivity contribution is 6.31. The topological polar surface area (TPSA) is 53.6 Å². The van der Waals surface area contributed by atoms with E-state index in [1.165, 1.54) is 0 Å². The van der Waals surface area contributed by atoms with Crippen LogP contribution in [-0.2, 0) is 12.1 Å². The lowest BCUT2D eigenvalue weighted by atomic mass is 9.90. The van der Waals surface area contributed by atoms with Crippen LogP contribution in [0.25, 0.3) is 0 Å². The minimum Gasteiger partial charge on any atom is -0.292 e. The van der Waals surface area contributed by atoms with Gasteiger partial charge >= 0.3 is 0 Å². The van der Waals surface area contributed by atoms with Crippen LogP contribution in [-0.4, -0.2) is 15.8 Å². The van der Waals surface area contributed by atoms with Crippen molar-refractivity contribution in [3.05, 3.63) is 52.8 Å². The van der Waals surface area contributed by atoms with Crippen LogP contribution >= 0.6 is 11.6 Å². The van der Waals surface area contributed by atoms with Crippen molar-refractivity contribution >= 4 is 11.6 Å². The summed E-state index contributed by atoms with van der Waals surface area (Å²) in [6.07, 6.45) is 1.61. The second-order valence-corrected chi connectivity index (χ2v) is 5.82. The molecular weight excluding hydrogens is 284 g/mol. The maximum absolute atomic E-state index is 9.85. The Morgan fingerprint density at radius 3 is 2.52 bits per heavy atom. The molecule has 0 aliphatic heterocycles. The van der Waals surface area contributed by atoms with Gasteiger partial charge in [0.05, 0.1) is 29.5 Å². The standard InChI is InChI=1S/C16H19ClN4/c1-12(2)20-16(10-18,14-7-5-4-6-8-14)11-21-13(3)15(17)9-19-21/h4-9,12,20H,11H2,1-3H3. The van der Waals surface area contributed by atoms with Gasteiger partial charge in [-0.15, -0.1) is 0 Å². The van der Waals surface area contributed by atoms with Gasteiger partial charge in [0, 0.05) is 6.04 Å². The fraction of sp³-hybridized carbons (Fsp3) is 0.375. The Labute approximate surface area is 130 Å². The first-order valence-electron chi connectivity index (χ1n) is 6.91. The fourth-order valence-electron chi connectivity index (χ4n) is 2.38. The normalized spacial score (nSPS) is 13.9. The summed E-state index contributed by atoms with van der Waals surface area (Å²) in [5.74, 6) is 0. The third-order valence-electron chi connectivity index (χ3n) is 3.42. The maximum Gasteiger partial charge on any atom is 0.152 e.